The molecule has 2 unspecified atom stereocenters. The number of hydrogen-bond donors (Lipinski definition) is 2. The summed E-state index contributed by atoms with van der Waals surface area (Å²) in [6.45, 7) is 0. The van der Waals surface area contributed by atoms with Gasteiger partial charge in [0.1, 0.15) is 5.82 Å². The Labute approximate surface area is 121 Å². The van der Waals surface area contributed by atoms with Crippen LogP contribution in [0.5, 0.6) is 0 Å². The summed E-state index contributed by atoms with van der Waals surface area (Å²) in [7, 11) is 0. The summed E-state index contributed by atoms with van der Waals surface area (Å²) in [6.07, 6.45) is 3.62. The molecule has 5 heteroatoms. The van der Waals surface area contributed by atoms with Crippen LogP contribution in [0.3, 0.4) is 0 Å². The Morgan fingerprint density at radius 1 is 1.40 bits per heavy atom. The van der Waals surface area contributed by atoms with E-state index in [1.54, 1.807) is 18.3 Å². The van der Waals surface area contributed by atoms with E-state index in [2.05, 4.69) is 16.5 Å². The molecule has 1 heterocycles. The number of aryl methyl sites for hydroxylation is 1. The normalized spacial score (nSPS) is 18.9. The van der Waals surface area contributed by atoms with E-state index in [1.807, 2.05) is 6.07 Å². The number of fused-ring (bicyclic) bond motifs is 1. The zero-order valence-electron chi connectivity index (χ0n) is 10.8. The van der Waals surface area contributed by atoms with Gasteiger partial charge in [0, 0.05) is 28.4 Å². The molecule has 1 aromatic carbocycles. The molecule has 3 nitrogen and oxygen atoms in total. The SMILES string of the molecule is NNC(c1ccc(Cl)cc1F)C1CCc2cccnc21. The third kappa shape index (κ3) is 2.30. The summed E-state index contributed by atoms with van der Waals surface area (Å²) < 4.78 is 14.1. The Hall–Kier alpha value is -1.49. The van der Waals surface area contributed by atoms with Gasteiger partial charge < -0.3 is 0 Å². The fraction of sp³-hybridized carbons (Fsp3) is 0.267. The number of nitrogens with zero attached hydrogens (tertiary/aromatic N) is 1. The number of nitrogens with two attached hydrogens (primary N) is 1. The number of benzene rings is 1. The van der Waals surface area contributed by atoms with E-state index in [9.17, 15) is 4.39 Å². The highest BCUT2D eigenvalue weighted by atomic mass is 35.5. The van der Waals surface area contributed by atoms with E-state index in [0.29, 0.717) is 10.6 Å². The third-order valence-electron chi connectivity index (χ3n) is 3.88. The van der Waals surface area contributed by atoms with Crippen molar-refractivity contribution in [1.82, 2.24) is 10.4 Å². The van der Waals surface area contributed by atoms with Gasteiger partial charge >= 0.3 is 0 Å². The first kappa shape index (κ1) is 13.5. The van der Waals surface area contributed by atoms with Gasteiger partial charge in [-0.15, -0.1) is 0 Å². The second kappa shape index (κ2) is 5.48. The maximum Gasteiger partial charge on any atom is 0.129 e. The first-order chi connectivity index (χ1) is 9.70. The van der Waals surface area contributed by atoms with E-state index in [0.717, 1.165) is 18.5 Å². The third-order valence-corrected chi connectivity index (χ3v) is 4.12. The van der Waals surface area contributed by atoms with Gasteiger partial charge in [0.15, 0.2) is 0 Å². The second-order valence-corrected chi connectivity index (χ2v) is 5.44. The predicted molar refractivity (Wildman–Crippen MR) is 76.8 cm³/mol. The molecule has 1 aromatic heterocycles. The molecule has 1 aliphatic rings. The lowest BCUT2D eigenvalue weighted by Crippen LogP contribution is -2.32. The lowest BCUT2D eigenvalue weighted by atomic mass is 9.91. The van der Waals surface area contributed by atoms with Crippen LogP contribution in [0.1, 0.15) is 35.2 Å². The van der Waals surface area contributed by atoms with Crippen LogP contribution in [0, 0.1) is 5.82 Å². The molecule has 0 saturated carbocycles. The van der Waals surface area contributed by atoms with Crippen LogP contribution in [0.15, 0.2) is 36.5 Å². The van der Waals surface area contributed by atoms with Crippen molar-refractivity contribution in [2.75, 3.05) is 0 Å². The van der Waals surface area contributed by atoms with Crippen LogP contribution >= 0.6 is 11.6 Å². The highest BCUT2D eigenvalue weighted by molar-refractivity contribution is 6.30. The van der Waals surface area contributed by atoms with Crippen molar-refractivity contribution in [2.45, 2.75) is 24.8 Å². The Morgan fingerprint density at radius 2 is 2.25 bits per heavy atom. The smallest absolute Gasteiger partial charge is 0.129 e. The highest BCUT2D eigenvalue weighted by Gasteiger charge is 2.32. The highest BCUT2D eigenvalue weighted by Crippen LogP contribution is 2.40. The largest absolute Gasteiger partial charge is 0.271 e. The summed E-state index contributed by atoms with van der Waals surface area (Å²) in [4.78, 5) is 4.44. The number of pyridine rings is 1. The van der Waals surface area contributed by atoms with Crippen LogP contribution < -0.4 is 11.3 Å². The van der Waals surface area contributed by atoms with Crippen molar-refractivity contribution in [1.29, 1.82) is 0 Å². The molecule has 20 heavy (non-hydrogen) atoms. The Morgan fingerprint density at radius 3 is 3.00 bits per heavy atom. The molecule has 0 aliphatic heterocycles. The number of aromatic nitrogens is 1. The summed E-state index contributed by atoms with van der Waals surface area (Å²) >= 11 is 5.80. The molecule has 0 radical (unpaired) electrons. The molecule has 0 saturated heterocycles. The minimum absolute atomic E-state index is 0.0758. The van der Waals surface area contributed by atoms with Gasteiger partial charge in [-0.05, 0) is 36.6 Å². The van der Waals surface area contributed by atoms with E-state index in [4.69, 9.17) is 17.4 Å². The van der Waals surface area contributed by atoms with Gasteiger partial charge in [-0.2, -0.15) is 0 Å². The van der Waals surface area contributed by atoms with E-state index in [1.165, 1.54) is 11.6 Å². The van der Waals surface area contributed by atoms with Crippen molar-refractivity contribution in [2.24, 2.45) is 5.84 Å². The number of hydrazine groups is 1. The lowest BCUT2D eigenvalue weighted by Gasteiger charge is -2.24. The van der Waals surface area contributed by atoms with Crippen LogP contribution in [-0.4, -0.2) is 4.98 Å². The quantitative estimate of drug-likeness (QED) is 0.675. The van der Waals surface area contributed by atoms with E-state index >= 15 is 0 Å². The average Bonchev–Trinajstić information content (AvgIpc) is 2.86. The number of rotatable bonds is 3. The summed E-state index contributed by atoms with van der Waals surface area (Å²) in [5.74, 6) is 5.40. The molecule has 0 bridgehead atoms. The Bertz CT molecular complexity index is 632. The van der Waals surface area contributed by atoms with Crippen molar-refractivity contribution in [3.63, 3.8) is 0 Å². The van der Waals surface area contributed by atoms with Crippen LogP contribution in [-0.2, 0) is 6.42 Å². The topological polar surface area (TPSA) is 50.9 Å². The number of halogens is 2. The van der Waals surface area contributed by atoms with Gasteiger partial charge in [-0.25, -0.2) is 4.39 Å². The first-order valence-corrected chi connectivity index (χ1v) is 6.93. The fourth-order valence-corrected chi connectivity index (χ4v) is 3.10. The fourth-order valence-electron chi connectivity index (χ4n) is 2.94. The van der Waals surface area contributed by atoms with E-state index in [-0.39, 0.29) is 17.8 Å². The predicted octanol–water partition coefficient (Wildman–Crippen LogP) is 3.11. The van der Waals surface area contributed by atoms with Gasteiger partial charge in [-0.3, -0.25) is 16.3 Å². The van der Waals surface area contributed by atoms with Gasteiger partial charge in [0.25, 0.3) is 0 Å². The summed E-state index contributed by atoms with van der Waals surface area (Å²) in [5.41, 5.74) is 5.49. The maximum atomic E-state index is 14.1. The zero-order valence-corrected chi connectivity index (χ0v) is 11.6. The van der Waals surface area contributed by atoms with Crippen molar-refractivity contribution >= 4 is 11.6 Å². The number of hydrogen-bond acceptors (Lipinski definition) is 3. The molecule has 1 aliphatic carbocycles. The Kier molecular flexibility index (Phi) is 3.70. The monoisotopic (exact) mass is 291 g/mol. The van der Waals surface area contributed by atoms with Gasteiger partial charge in [-0.1, -0.05) is 23.7 Å². The van der Waals surface area contributed by atoms with Crippen molar-refractivity contribution in [3.05, 3.63) is 64.2 Å². The van der Waals surface area contributed by atoms with Crippen molar-refractivity contribution < 1.29 is 4.39 Å². The second-order valence-electron chi connectivity index (χ2n) is 5.00. The molecular weight excluding hydrogens is 277 g/mol. The minimum atomic E-state index is -0.343. The van der Waals surface area contributed by atoms with Gasteiger partial charge in [0.05, 0.1) is 6.04 Å². The molecule has 104 valence electrons. The van der Waals surface area contributed by atoms with Crippen LogP contribution in [0.25, 0.3) is 0 Å². The maximum absolute atomic E-state index is 14.1. The van der Waals surface area contributed by atoms with Crippen LogP contribution in [0.2, 0.25) is 5.02 Å². The molecular formula is C15H15ClFN3. The summed E-state index contributed by atoms with van der Waals surface area (Å²) in [6, 6.07) is 8.36. The Balaban J connectivity index is 1.99. The average molecular weight is 292 g/mol. The first-order valence-electron chi connectivity index (χ1n) is 6.55. The standard InChI is InChI=1S/C15H15ClFN3/c16-10-4-6-11(13(17)8-10)15(20-18)12-5-3-9-2-1-7-19-14(9)12/h1-2,4,6-8,12,15,20H,3,5,18H2. The van der Waals surface area contributed by atoms with Gasteiger partial charge in [0.2, 0.25) is 0 Å². The molecule has 3 rings (SSSR count). The van der Waals surface area contributed by atoms with E-state index < -0.39 is 0 Å². The van der Waals surface area contributed by atoms with Crippen molar-refractivity contribution in [3.8, 4) is 0 Å². The molecule has 2 aromatic rings. The van der Waals surface area contributed by atoms with Crippen LogP contribution in [0.4, 0.5) is 4.39 Å². The lowest BCUT2D eigenvalue weighted by molar-refractivity contribution is 0.429. The molecule has 0 fully saturated rings. The number of nitrogens with one attached hydrogen (secondary N) is 1. The zero-order chi connectivity index (χ0) is 14.1. The molecule has 2 atom stereocenters. The molecule has 3 N–H and O–H groups in total. The molecule has 0 spiro atoms. The minimum Gasteiger partial charge on any atom is -0.271 e. The molecule has 0 amide bonds. The summed E-state index contributed by atoms with van der Waals surface area (Å²) in [5, 5.41) is 0.381.